The molecule has 4 rings (SSSR count). The highest BCUT2D eigenvalue weighted by Crippen LogP contribution is 2.31. The van der Waals surface area contributed by atoms with Crippen LogP contribution in [0.1, 0.15) is 15.4 Å². The van der Waals surface area contributed by atoms with Crippen LogP contribution in [0.15, 0.2) is 72.1 Å². The Balaban J connectivity index is 1.45. The summed E-state index contributed by atoms with van der Waals surface area (Å²) in [6.07, 6.45) is 0. The number of nitrogens with one attached hydrogen (secondary N) is 1. The number of hydrogen-bond donors (Lipinski definition) is 1. The lowest BCUT2D eigenvalue weighted by atomic mass is 10.3. The number of aromatic nitrogens is 1. The molecule has 2 heterocycles. The van der Waals surface area contributed by atoms with Gasteiger partial charge < -0.3 is 10.1 Å². The maximum Gasteiger partial charge on any atom is 0.267 e. The minimum Gasteiger partial charge on any atom is -0.457 e. The number of amides is 1. The van der Waals surface area contributed by atoms with Crippen molar-refractivity contribution in [3.63, 3.8) is 0 Å². The van der Waals surface area contributed by atoms with Gasteiger partial charge in [0.15, 0.2) is 0 Å². The number of carbonyl (C=O) groups is 1. The van der Waals surface area contributed by atoms with E-state index >= 15 is 0 Å². The fourth-order valence-electron chi connectivity index (χ4n) is 2.53. The van der Waals surface area contributed by atoms with Gasteiger partial charge in [0.25, 0.3) is 5.91 Å². The molecule has 0 spiro atoms. The molecule has 0 fully saturated rings. The fourth-order valence-corrected chi connectivity index (χ4v) is 4.29. The van der Waals surface area contributed by atoms with Crippen LogP contribution in [0.3, 0.4) is 0 Å². The SMILES string of the molecule is Cc1nc(-c2cccs2)sc1C(=O)Nc1ccc(Oc2ccccc2)cc1. The van der Waals surface area contributed by atoms with Crippen molar-refractivity contribution in [2.45, 2.75) is 6.92 Å². The Hall–Kier alpha value is -2.96. The summed E-state index contributed by atoms with van der Waals surface area (Å²) in [5, 5.41) is 5.81. The predicted molar refractivity (Wildman–Crippen MR) is 111 cm³/mol. The van der Waals surface area contributed by atoms with Crippen molar-refractivity contribution in [2.24, 2.45) is 0 Å². The fraction of sp³-hybridized carbons (Fsp3) is 0.0476. The van der Waals surface area contributed by atoms with Gasteiger partial charge in [-0.1, -0.05) is 24.3 Å². The van der Waals surface area contributed by atoms with E-state index in [1.807, 2.05) is 79.0 Å². The number of hydrogen-bond acceptors (Lipinski definition) is 5. The van der Waals surface area contributed by atoms with E-state index in [4.69, 9.17) is 4.74 Å². The molecule has 0 saturated carbocycles. The van der Waals surface area contributed by atoms with E-state index in [0.29, 0.717) is 16.3 Å². The number of benzene rings is 2. The van der Waals surface area contributed by atoms with Gasteiger partial charge in [-0.2, -0.15) is 0 Å². The monoisotopic (exact) mass is 392 g/mol. The molecule has 0 atom stereocenters. The molecule has 0 bridgehead atoms. The summed E-state index contributed by atoms with van der Waals surface area (Å²) < 4.78 is 5.77. The third kappa shape index (κ3) is 4.07. The summed E-state index contributed by atoms with van der Waals surface area (Å²) >= 11 is 3.03. The average molecular weight is 393 g/mol. The number of nitrogens with zero attached hydrogens (tertiary/aromatic N) is 1. The van der Waals surface area contributed by atoms with Crippen molar-refractivity contribution in [1.29, 1.82) is 0 Å². The lowest BCUT2D eigenvalue weighted by molar-refractivity contribution is 0.103. The van der Waals surface area contributed by atoms with Crippen LogP contribution in [0.4, 0.5) is 5.69 Å². The van der Waals surface area contributed by atoms with Crippen molar-refractivity contribution in [3.8, 4) is 21.4 Å². The third-order valence-corrected chi connectivity index (χ3v) is 6.02. The van der Waals surface area contributed by atoms with Gasteiger partial charge in [0.2, 0.25) is 0 Å². The number of para-hydroxylation sites is 1. The lowest BCUT2D eigenvalue weighted by Gasteiger charge is -2.07. The molecule has 0 saturated heterocycles. The van der Waals surface area contributed by atoms with Crippen molar-refractivity contribution < 1.29 is 9.53 Å². The van der Waals surface area contributed by atoms with Crippen molar-refractivity contribution in [3.05, 3.63) is 82.7 Å². The molecular weight excluding hydrogens is 376 g/mol. The summed E-state index contributed by atoms with van der Waals surface area (Å²) in [6, 6.07) is 20.9. The summed E-state index contributed by atoms with van der Waals surface area (Å²) in [4.78, 5) is 18.9. The molecule has 2 aromatic heterocycles. The number of thiazole rings is 1. The number of anilines is 1. The van der Waals surface area contributed by atoms with Gasteiger partial charge in [-0.05, 0) is 54.8 Å². The van der Waals surface area contributed by atoms with E-state index in [2.05, 4.69) is 10.3 Å². The molecule has 1 N–H and O–H groups in total. The highest BCUT2D eigenvalue weighted by molar-refractivity contribution is 7.22. The highest BCUT2D eigenvalue weighted by atomic mass is 32.1. The number of carbonyl (C=O) groups excluding carboxylic acids is 1. The summed E-state index contributed by atoms with van der Waals surface area (Å²) in [7, 11) is 0. The maximum atomic E-state index is 12.6. The van der Waals surface area contributed by atoms with E-state index in [0.717, 1.165) is 21.3 Å². The summed E-state index contributed by atoms with van der Waals surface area (Å²) in [5.41, 5.74) is 1.45. The minimum absolute atomic E-state index is 0.149. The van der Waals surface area contributed by atoms with Crippen LogP contribution in [-0.2, 0) is 0 Å². The first-order valence-corrected chi connectivity index (χ1v) is 10.0. The second kappa shape index (κ2) is 7.73. The van der Waals surface area contributed by atoms with Crippen molar-refractivity contribution in [2.75, 3.05) is 5.32 Å². The third-order valence-electron chi connectivity index (χ3n) is 3.83. The van der Waals surface area contributed by atoms with Gasteiger partial charge in [0.1, 0.15) is 21.4 Å². The zero-order chi connectivity index (χ0) is 18.6. The van der Waals surface area contributed by atoms with Gasteiger partial charge in [0, 0.05) is 5.69 Å². The normalized spacial score (nSPS) is 10.6. The molecule has 0 unspecified atom stereocenters. The average Bonchev–Trinajstić information content (AvgIpc) is 3.34. The Labute approximate surface area is 165 Å². The van der Waals surface area contributed by atoms with Crippen LogP contribution in [0.25, 0.3) is 9.88 Å². The molecule has 4 nitrogen and oxygen atoms in total. The van der Waals surface area contributed by atoms with Gasteiger partial charge in [0.05, 0.1) is 10.6 Å². The van der Waals surface area contributed by atoms with Gasteiger partial charge >= 0.3 is 0 Å². The maximum absolute atomic E-state index is 12.6. The molecule has 0 aliphatic carbocycles. The zero-order valence-corrected chi connectivity index (χ0v) is 16.1. The van der Waals surface area contributed by atoms with Crippen LogP contribution >= 0.6 is 22.7 Å². The van der Waals surface area contributed by atoms with Gasteiger partial charge in [-0.3, -0.25) is 4.79 Å². The van der Waals surface area contributed by atoms with Crippen LogP contribution in [0.2, 0.25) is 0 Å². The van der Waals surface area contributed by atoms with E-state index in [9.17, 15) is 4.79 Å². The topological polar surface area (TPSA) is 51.2 Å². The van der Waals surface area contributed by atoms with E-state index in [-0.39, 0.29) is 5.91 Å². The first-order chi connectivity index (χ1) is 13.2. The molecule has 0 aliphatic heterocycles. The quantitative estimate of drug-likeness (QED) is 0.438. The molecule has 0 radical (unpaired) electrons. The second-order valence-corrected chi connectivity index (χ2v) is 7.75. The Morgan fingerprint density at radius 2 is 1.70 bits per heavy atom. The molecule has 2 aromatic carbocycles. The van der Waals surface area contributed by atoms with E-state index in [1.165, 1.54) is 11.3 Å². The first-order valence-electron chi connectivity index (χ1n) is 8.35. The molecule has 134 valence electrons. The summed E-state index contributed by atoms with van der Waals surface area (Å²) in [6.45, 7) is 1.86. The van der Waals surface area contributed by atoms with Crippen LogP contribution < -0.4 is 10.1 Å². The van der Waals surface area contributed by atoms with E-state index < -0.39 is 0 Å². The van der Waals surface area contributed by atoms with Crippen molar-refractivity contribution >= 4 is 34.3 Å². The second-order valence-electron chi connectivity index (χ2n) is 5.80. The Bertz CT molecular complexity index is 1040. The largest absolute Gasteiger partial charge is 0.457 e. The number of thiophene rings is 1. The number of aryl methyl sites for hydroxylation is 1. The molecule has 0 aliphatic rings. The molecule has 1 amide bonds. The number of ether oxygens (including phenoxy) is 1. The lowest BCUT2D eigenvalue weighted by Crippen LogP contribution is -2.11. The van der Waals surface area contributed by atoms with Gasteiger partial charge in [-0.15, -0.1) is 22.7 Å². The molecule has 27 heavy (non-hydrogen) atoms. The Kier molecular flexibility index (Phi) is 5.00. The standard InChI is InChI=1S/C21H16N2O2S2/c1-14-19(27-21(22-14)18-8-5-13-26-18)20(24)23-15-9-11-17(12-10-15)25-16-6-3-2-4-7-16/h2-13H,1H3,(H,23,24). The Morgan fingerprint density at radius 3 is 2.41 bits per heavy atom. The minimum atomic E-state index is -0.149. The summed E-state index contributed by atoms with van der Waals surface area (Å²) in [5.74, 6) is 1.34. The predicted octanol–water partition coefficient (Wildman–Crippen LogP) is 6.22. The number of rotatable bonds is 5. The first kappa shape index (κ1) is 17.5. The highest BCUT2D eigenvalue weighted by Gasteiger charge is 2.17. The Morgan fingerprint density at radius 1 is 0.963 bits per heavy atom. The van der Waals surface area contributed by atoms with Crippen LogP contribution in [-0.4, -0.2) is 10.9 Å². The van der Waals surface area contributed by atoms with Crippen LogP contribution in [0.5, 0.6) is 11.5 Å². The van der Waals surface area contributed by atoms with E-state index in [1.54, 1.807) is 11.3 Å². The smallest absolute Gasteiger partial charge is 0.267 e. The van der Waals surface area contributed by atoms with Crippen LogP contribution in [0, 0.1) is 6.92 Å². The molecule has 4 aromatic rings. The van der Waals surface area contributed by atoms with Crippen molar-refractivity contribution in [1.82, 2.24) is 4.98 Å². The molecular formula is C21H16N2O2S2. The van der Waals surface area contributed by atoms with Gasteiger partial charge in [-0.25, -0.2) is 4.98 Å². The molecule has 6 heteroatoms. The zero-order valence-electron chi connectivity index (χ0n) is 14.5.